The number of nitrogens with zero attached hydrogens (tertiary/aromatic N) is 2. The largest absolute Gasteiger partial charge is 0.465 e. The minimum atomic E-state index is -0.614. The highest BCUT2D eigenvalue weighted by molar-refractivity contribution is 7.12. The quantitative estimate of drug-likeness (QED) is 0.788. The fourth-order valence-corrected chi connectivity index (χ4v) is 1.96. The van der Waals surface area contributed by atoms with Crippen molar-refractivity contribution in [3.63, 3.8) is 0 Å². The number of anilines is 2. The Bertz CT molecular complexity index is 591. The average molecular weight is 268 g/mol. The number of amides is 1. The molecule has 3 N–H and O–H groups in total. The third-order valence-electron chi connectivity index (χ3n) is 2.01. The second-order valence-corrected chi connectivity index (χ2v) is 4.02. The van der Waals surface area contributed by atoms with E-state index in [1.54, 1.807) is 11.4 Å². The van der Waals surface area contributed by atoms with Crippen molar-refractivity contribution in [2.45, 2.75) is 0 Å². The maximum Gasteiger partial charge on any atom is 0.350 e. The van der Waals surface area contributed by atoms with Crippen molar-refractivity contribution in [3.05, 3.63) is 22.0 Å². The smallest absolute Gasteiger partial charge is 0.350 e. The van der Waals surface area contributed by atoms with E-state index in [1.807, 2.05) is 0 Å². The number of ether oxygens (including phenoxy) is 1. The lowest BCUT2D eigenvalue weighted by molar-refractivity contribution is 0.0607. The van der Waals surface area contributed by atoms with E-state index >= 15 is 0 Å². The molecule has 0 fully saturated rings. The van der Waals surface area contributed by atoms with Gasteiger partial charge in [-0.3, -0.25) is 4.79 Å². The molecule has 8 nitrogen and oxygen atoms in total. The number of carbonyl (C=O) groups is 2. The zero-order chi connectivity index (χ0) is 13.1. The van der Waals surface area contributed by atoms with Crippen LogP contribution in [0.1, 0.15) is 20.2 Å². The number of esters is 1. The number of nitrogens with one attached hydrogen (secondary N) is 1. The van der Waals surface area contributed by atoms with Crippen LogP contribution >= 0.6 is 11.3 Å². The molecular weight excluding hydrogens is 260 g/mol. The van der Waals surface area contributed by atoms with E-state index in [-0.39, 0.29) is 16.4 Å². The van der Waals surface area contributed by atoms with Crippen molar-refractivity contribution >= 4 is 34.7 Å². The summed E-state index contributed by atoms with van der Waals surface area (Å²) in [7, 11) is 1.26. The van der Waals surface area contributed by atoms with Gasteiger partial charge < -0.3 is 15.8 Å². The van der Waals surface area contributed by atoms with E-state index in [0.717, 1.165) is 11.3 Å². The first-order valence-electron chi connectivity index (χ1n) is 4.68. The molecule has 18 heavy (non-hydrogen) atoms. The maximum absolute atomic E-state index is 11.8. The summed E-state index contributed by atoms with van der Waals surface area (Å²) >= 11 is 1.15. The molecule has 0 aliphatic rings. The highest BCUT2D eigenvalue weighted by Crippen LogP contribution is 2.23. The number of thiophene rings is 1. The topological polar surface area (TPSA) is 120 Å². The zero-order valence-corrected chi connectivity index (χ0v) is 9.98. The van der Waals surface area contributed by atoms with Gasteiger partial charge in [0.15, 0.2) is 0 Å². The molecule has 0 saturated carbocycles. The number of hydrogen-bond donors (Lipinski definition) is 2. The van der Waals surface area contributed by atoms with Gasteiger partial charge in [0.2, 0.25) is 11.5 Å². The normalized spacial score (nSPS) is 10.1. The lowest BCUT2D eigenvalue weighted by Crippen LogP contribution is -2.15. The predicted molar refractivity (Wildman–Crippen MR) is 62.3 cm³/mol. The molecule has 0 atom stereocenters. The van der Waals surface area contributed by atoms with E-state index in [9.17, 15) is 9.59 Å². The Hall–Kier alpha value is -2.42. The third-order valence-corrected chi connectivity index (χ3v) is 2.91. The molecule has 2 aromatic rings. The minimum absolute atomic E-state index is 0.123. The second-order valence-electron chi connectivity index (χ2n) is 3.11. The summed E-state index contributed by atoms with van der Waals surface area (Å²) in [6, 6.07) is 1.57. The fraction of sp³-hybridized carbons (Fsp3) is 0.111. The first-order chi connectivity index (χ1) is 8.63. The Morgan fingerprint density at radius 2 is 2.28 bits per heavy atom. The van der Waals surface area contributed by atoms with Crippen LogP contribution in [0.25, 0.3) is 0 Å². The average Bonchev–Trinajstić information content (AvgIpc) is 2.97. The first-order valence-corrected chi connectivity index (χ1v) is 5.56. The zero-order valence-electron chi connectivity index (χ0n) is 9.17. The lowest BCUT2D eigenvalue weighted by Gasteiger charge is -2.03. The second kappa shape index (κ2) is 4.84. The Kier molecular flexibility index (Phi) is 3.24. The van der Waals surface area contributed by atoms with Crippen LogP contribution in [0.2, 0.25) is 0 Å². The maximum atomic E-state index is 11.8. The highest BCUT2D eigenvalue weighted by Gasteiger charge is 2.20. The number of nitrogens with two attached hydrogens (primary N) is 1. The van der Waals surface area contributed by atoms with Gasteiger partial charge in [-0.05, 0) is 21.8 Å². The van der Waals surface area contributed by atoms with Gasteiger partial charge in [-0.15, -0.1) is 11.3 Å². The van der Waals surface area contributed by atoms with Crippen molar-refractivity contribution in [2.24, 2.45) is 0 Å². The van der Waals surface area contributed by atoms with E-state index in [1.165, 1.54) is 7.11 Å². The molecule has 0 aliphatic heterocycles. The molecule has 0 spiro atoms. The number of aromatic nitrogens is 2. The third kappa shape index (κ3) is 2.15. The summed E-state index contributed by atoms with van der Waals surface area (Å²) in [5, 5.41) is 10.8. The molecule has 2 heterocycles. The summed E-state index contributed by atoms with van der Waals surface area (Å²) < 4.78 is 8.89. The lowest BCUT2D eigenvalue weighted by atomic mass is 10.3. The molecule has 0 aliphatic carbocycles. The number of nitrogen functional groups attached to an aromatic ring is 1. The van der Waals surface area contributed by atoms with Crippen LogP contribution in [0.5, 0.6) is 0 Å². The van der Waals surface area contributed by atoms with Gasteiger partial charge in [0.25, 0.3) is 5.91 Å². The van der Waals surface area contributed by atoms with Crippen LogP contribution in [-0.4, -0.2) is 29.3 Å². The minimum Gasteiger partial charge on any atom is -0.465 e. The Labute approximate surface area is 105 Å². The van der Waals surface area contributed by atoms with Crippen molar-refractivity contribution in [3.8, 4) is 0 Å². The van der Waals surface area contributed by atoms with Crippen molar-refractivity contribution in [1.82, 2.24) is 10.3 Å². The Balaban J connectivity index is 2.20. The van der Waals surface area contributed by atoms with Crippen LogP contribution in [0.4, 0.5) is 11.5 Å². The number of rotatable bonds is 3. The SMILES string of the molecule is COC(=O)c1sccc1NC(=O)c1nonc1N. The number of hydrogen-bond acceptors (Lipinski definition) is 8. The van der Waals surface area contributed by atoms with Gasteiger partial charge in [0, 0.05) is 0 Å². The van der Waals surface area contributed by atoms with Gasteiger partial charge in [-0.25, -0.2) is 9.42 Å². The standard InChI is InChI=1S/C9H8N4O4S/c1-16-9(15)6-4(2-3-18-6)11-8(14)5-7(10)13-17-12-5/h2-3H,1H3,(H2,10,13)(H,11,14). The summed E-state index contributed by atoms with van der Waals surface area (Å²) in [6.07, 6.45) is 0. The monoisotopic (exact) mass is 268 g/mol. The molecular formula is C9H8N4O4S. The van der Waals surface area contributed by atoms with E-state index < -0.39 is 11.9 Å². The molecule has 1 amide bonds. The molecule has 2 rings (SSSR count). The van der Waals surface area contributed by atoms with Crippen LogP contribution in [0.15, 0.2) is 16.1 Å². The van der Waals surface area contributed by atoms with Crippen molar-refractivity contribution in [1.29, 1.82) is 0 Å². The van der Waals surface area contributed by atoms with Crippen LogP contribution in [0.3, 0.4) is 0 Å². The molecule has 0 saturated heterocycles. The molecule has 0 radical (unpaired) electrons. The van der Waals surface area contributed by atoms with Gasteiger partial charge >= 0.3 is 5.97 Å². The molecule has 0 bridgehead atoms. The summed E-state index contributed by atoms with van der Waals surface area (Å²) in [4.78, 5) is 23.4. The number of carbonyl (C=O) groups excluding carboxylic acids is 2. The molecule has 0 aromatic carbocycles. The Morgan fingerprint density at radius 1 is 1.50 bits per heavy atom. The van der Waals surface area contributed by atoms with Crippen molar-refractivity contribution < 1.29 is 19.0 Å². The van der Waals surface area contributed by atoms with Gasteiger partial charge in [-0.2, -0.15) is 0 Å². The first kappa shape index (κ1) is 12.0. The number of methoxy groups -OCH3 is 1. The van der Waals surface area contributed by atoms with E-state index in [2.05, 4.69) is 25.0 Å². The molecule has 94 valence electrons. The molecule has 2 aromatic heterocycles. The van der Waals surface area contributed by atoms with Crippen LogP contribution in [0, 0.1) is 0 Å². The fourth-order valence-electron chi connectivity index (χ4n) is 1.19. The van der Waals surface area contributed by atoms with Gasteiger partial charge in [-0.1, -0.05) is 0 Å². The predicted octanol–water partition coefficient (Wildman–Crippen LogP) is 0.752. The van der Waals surface area contributed by atoms with Gasteiger partial charge in [0.05, 0.1) is 12.8 Å². The van der Waals surface area contributed by atoms with Crippen LogP contribution < -0.4 is 11.1 Å². The summed E-state index contributed by atoms with van der Waals surface area (Å²) in [6.45, 7) is 0. The molecule has 0 unspecified atom stereocenters. The van der Waals surface area contributed by atoms with E-state index in [4.69, 9.17) is 5.73 Å². The summed E-state index contributed by atoms with van der Waals surface area (Å²) in [5.74, 6) is -1.27. The Morgan fingerprint density at radius 3 is 2.89 bits per heavy atom. The van der Waals surface area contributed by atoms with E-state index in [0.29, 0.717) is 5.69 Å². The van der Waals surface area contributed by atoms with Gasteiger partial charge in [0.1, 0.15) is 4.88 Å². The summed E-state index contributed by atoms with van der Waals surface area (Å²) in [5.41, 5.74) is 5.55. The highest BCUT2D eigenvalue weighted by atomic mass is 32.1. The van der Waals surface area contributed by atoms with Crippen LogP contribution in [-0.2, 0) is 4.74 Å². The molecule has 9 heteroatoms. The van der Waals surface area contributed by atoms with Crippen molar-refractivity contribution in [2.75, 3.05) is 18.2 Å².